The van der Waals surface area contributed by atoms with Crippen LogP contribution >= 0.6 is 11.8 Å². The van der Waals surface area contributed by atoms with Crippen LogP contribution in [-0.4, -0.2) is 46.8 Å². The van der Waals surface area contributed by atoms with Crippen molar-refractivity contribution in [1.29, 1.82) is 0 Å². The van der Waals surface area contributed by atoms with Gasteiger partial charge in [0.1, 0.15) is 11.6 Å². The van der Waals surface area contributed by atoms with Crippen LogP contribution in [0.4, 0.5) is 0 Å². The van der Waals surface area contributed by atoms with E-state index in [1.54, 1.807) is 11.8 Å². The minimum absolute atomic E-state index is 0.00704. The Morgan fingerprint density at radius 2 is 1.95 bits per heavy atom. The van der Waals surface area contributed by atoms with Gasteiger partial charge < -0.3 is 10.2 Å². The van der Waals surface area contributed by atoms with Crippen molar-refractivity contribution in [2.24, 2.45) is 11.3 Å². The zero-order chi connectivity index (χ0) is 15.1. The maximum absolute atomic E-state index is 12.9. The maximum Gasteiger partial charge on any atom is 0.249 e. The van der Waals surface area contributed by atoms with E-state index in [0.29, 0.717) is 12.5 Å². The summed E-state index contributed by atoms with van der Waals surface area (Å²) in [6.07, 6.45) is 4.11. The highest BCUT2D eigenvalue weighted by molar-refractivity contribution is 7.98. The van der Waals surface area contributed by atoms with Crippen LogP contribution in [0.25, 0.3) is 0 Å². The van der Waals surface area contributed by atoms with E-state index in [1.165, 1.54) is 0 Å². The van der Waals surface area contributed by atoms with E-state index < -0.39 is 5.54 Å². The molecule has 114 valence electrons. The standard InChI is InChI=1S/C15H26N2O2S/c1-14(2,3)11-12(18)16-15(4,10-6-7-10)13(19)17(11)8-9-20-5/h10-11H,6-9H2,1-5H3,(H,16,18). The molecule has 0 aromatic carbocycles. The summed E-state index contributed by atoms with van der Waals surface area (Å²) in [5.41, 5.74) is -0.930. The molecule has 2 amide bonds. The van der Waals surface area contributed by atoms with Crippen LogP contribution < -0.4 is 5.32 Å². The summed E-state index contributed by atoms with van der Waals surface area (Å²) >= 11 is 1.71. The van der Waals surface area contributed by atoms with Crippen molar-refractivity contribution in [3.63, 3.8) is 0 Å². The normalized spacial score (nSPS) is 31.4. The molecule has 1 N–H and O–H groups in total. The average molecular weight is 298 g/mol. The molecule has 0 spiro atoms. The molecular weight excluding hydrogens is 272 g/mol. The van der Waals surface area contributed by atoms with Crippen LogP contribution in [0.2, 0.25) is 0 Å². The number of thioether (sulfide) groups is 1. The molecular formula is C15H26N2O2S. The van der Waals surface area contributed by atoms with Gasteiger partial charge in [0.25, 0.3) is 0 Å². The molecule has 2 atom stereocenters. The topological polar surface area (TPSA) is 49.4 Å². The molecule has 1 aliphatic heterocycles. The Hall–Kier alpha value is -0.710. The van der Waals surface area contributed by atoms with Gasteiger partial charge in [-0.3, -0.25) is 9.59 Å². The third-order valence-electron chi connectivity index (χ3n) is 4.40. The maximum atomic E-state index is 12.9. The highest BCUT2D eigenvalue weighted by atomic mass is 32.2. The van der Waals surface area contributed by atoms with Crippen molar-refractivity contribution in [1.82, 2.24) is 10.2 Å². The molecule has 1 heterocycles. The van der Waals surface area contributed by atoms with E-state index in [4.69, 9.17) is 0 Å². The minimum Gasteiger partial charge on any atom is -0.340 e. The Kier molecular flexibility index (Phi) is 4.11. The van der Waals surface area contributed by atoms with E-state index >= 15 is 0 Å². The first-order valence-electron chi connectivity index (χ1n) is 7.34. The van der Waals surface area contributed by atoms with Crippen molar-refractivity contribution in [2.75, 3.05) is 18.6 Å². The lowest BCUT2D eigenvalue weighted by atomic mass is 9.79. The van der Waals surface area contributed by atoms with Gasteiger partial charge in [0, 0.05) is 12.3 Å². The quantitative estimate of drug-likeness (QED) is 0.862. The monoisotopic (exact) mass is 298 g/mol. The van der Waals surface area contributed by atoms with Crippen molar-refractivity contribution in [3.05, 3.63) is 0 Å². The summed E-state index contributed by atoms with van der Waals surface area (Å²) in [7, 11) is 0. The van der Waals surface area contributed by atoms with Crippen molar-refractivity contribution >= 4 is 23.6 Å². The number of hydrogen-bond acceptors (Lipinski definition) is 3. The largest absolute Gasteiger partial charge is 0.340 e. The van der Waals surface area contributed by atoms with Crippen LogP contribution in [0.15, 0.2) is 0 Å². The molecule has 0 bridgehead atoms. The third kappa shape index (κ3) is 2.69. The third-order valence-corrected chi connectivity index (χ3v) is 4.99. The Bertz CT molecular complexity index is 415. The SMILES string of the molecule is CSCCN1C(=O)C(C)(C2CC2)NC(=O)C1C(C)(C)C. The number of piperazine rings is 1. The molecule has 20 heavy (non-hydrogen) atoms. The summed E-state index contributed by atoms with van der Waals surface area (Å²) < 4.78 is 0. The Morgan fingerprint density at radius 3 is 2.40 bits per heavy atom. The lowest BCUT2D eigenvalue weighted by molar-refractivity contribution is -0.159. The van der Waals surface area contributed by atoms with Gasteiger partial charge in [-0.05, 0) is 37.4 Å². The molecule has 2 fully saturated rings. The second-order valence-corrected chi connectivity index (χ2v) is 8.21. The summed E-state index contributed by atoms with van der Waals surface area (Å²) in [4.78, 5) is 27.4. The van der Waals surface area contributed by atoms with Crippen molar-refractivity contribution < 1.29 is 9.59 Å². The second kappa shape index (κ2) is 5.24. The van der Waals surface area contributed by atoms with Gasteiger partial charge in [0.05, 0.1) is 0 Å². The lowest BCUT2D eigenvalue weighted by Gasteiger charge is -2.48. The molecule has 2 unspecified atom stereocenters. The molecule has 0 aromatic rings. The van der Waals surface area contributed by atoms with Crippen molar-refractivity contribution in [3.8, 4) is 0 Å². The second-order valence-electron chi connectivity index (χ2n) is 7.23. The Balaban J connectivity index is 2.31. The fraction of sp³-hybridized carbons (Fsp3) is 0.867. The summed E-state index contributed by atoms with van der Waals surface area (Å²) in [5, 5.41) is 3.03. The van der Waals surface area contributed by atoms with Crippen LogP contribution in [0, 0.1) is 11.3 Å². The lowest BCUT2D eigenvalue weighted by Crippen LogP contribution is -2.72. The van der Waals surface area contributed by atoms with Gasteiger partial charge in [0.15, 0.2) is 0 Å². The summed E-state index contributed by atoms with van der Waals surface area (Å²) in [6.45, 7) is 8.62. The number of carbonyl (C=O) groups is 2. The highest BCUT2D eigenvalue weighted by Crippen LogP contribution is 2.43. The average Bonchev–Trinajstić information content (AvgIpc) is 3.14. The molecule has 4 nitrogen and oxygen atoms in total. The first-order chi connectivity index (χ1) is 9.21. The first kappa shape index (κ1) is 15.7. The van der Waals surface area contributed by atoms with Gasteiger partial charge in [-0.1, -0.05) is 20.8 Å². The molecule has 1 saturated carbocycles. The number of hydrogen-bond donors (Lipinski definition) is 1. The Labute approximate surface area is 126 Å². The predicted octanol–water partition coefficient (Wildman–Crippen LogP) is 1.89. The van der Waals surface area contributed by atoms with E-state index in [1.807, 2.05) is 38.9 Å². The minimum atomic E-state index is -0.683. The first-order valence-corrected chi connectivity index (χ1v) is 8.73. The van der Waals surface area contributed by atoms with Gasteiger partial charge >= 0.3 is 0 Å². The molecule has 1 saturated heterocycles. The number of amides is 2. The smallest absolute Gasteiger partial charge is 0.249 e. The number of nitrogens with one attached hydrogen (secondary N) is 1. The fourth-order valence-electron chi connectivity index (χ4n) is 3.15. The van der Waals surface area contributed by atoms with Gasteiger partial charge in [-0.25, -0.2) is 0 Å². The number of carbonyl (C=O) groups excluding carboxylic acids is 2. The van der Waals surface area contributed by atoms with E-state index in [2.05, 4.69) is 5.32 Å². The van der Waals surface area contributed by atoms with Crippen LogP contribution in [-0.2, 0) is 9.59 Å². The molecule has 2 aliphatic rings. The fourth-order valence-corrected chi connectivity index (χ4v) is 3.53. The molecule has 1 aliphatic carbocycles. The van der Waals surface area contributed by atoms with Crippen LogP contribution in [0.3, 0.4) is 0 Å². The van der Waals surface area contributed by atoms with Gasteiger partial charge in [0.2, 0.25) is 11.8 Å². The van der Waals surface area contributed by atoms with E-state index in [9.17, 15) is 9.59 Å². The highest BCUT2D eigenvalue weighted by Gasteiger charge is 2.57. The van der Waals surface area contributed by atoms with Gasteiger partial charge in [-0.2, -0.15) is 11.8 Å². The predicted molar refractivity (Wildman–Crippen MR) is 82.6 cm³/mol. The van der Waals surface area contributed by atoms with E-state index in [0.717, 1.165) is 18.6 Å². The summed E-state index contributed by atoms with van der Waals surface area (Å²) in [6, 6.07) is -0.367. The van der Waals surface area contributed by atoms with E-state index in [-0.39, 0.29) is 23.3 Å². The number of nitrogens with zero attached hydrogens (tertiary/aromatic N) is 1. The Morgan fingerprint density at radius 1 is 1.35 bits per heavy atom. The molecule has 0 radical (unpaired) electrons. The van der Waals surface area contributed by atoms with Crippen LogP contribution in [0.5, 0.6) is 0 Å². The van der Waals surface area contributed by atoms with Crippen molar-refractivity contribution in [2.45, 2.75) is 52.1 Å². The number of rotatable bonds is 4. The zero-order valence-corrected chi connectivity index (χ0v) is 14.0. The van der Waals surface area contributed by atoms with Crippen LogP contribution in [0.1, 0.15) is 40.5 Å². The molecule has 2 rings (SSSR count). The molecule has 5 heteroatoms. The van der Waals surface area contributed by atoms with Gasteiger partial charge in [-0.15, -0.1) is 0 Å². The summed E-state index contributed by atoms with van der Waals surface area (Å²) in [5.74, 6) is 1.30. The zero-order valence-electron chi connectivity index (χ0n) is 13.2. The molecule has 0 aromatic heterocycles.